The van der Waals surface area contributed by atoms with E-state index in [2.05, 4.69) is 22.1 Å². The number of unbranched alkanes of at least 4 members (excludes halogenated alkanes) is 1. The molecule has 7 heavy (non-hydrogen) atoms. The predicted molar refractivity (Wildman–Crippen MR) is 41.8 cm³/mol. The van der Waals surface area contributed by atoms with Crippen LogP contribution in [-0.4, -0.2) is 26.0 Å². The fourth-order valence-electron chi connectivity index (χ4n) is 0.496. The van der Waals surface area contributed by atoms with Crippen LogP contribution >= 0.6 is 8.95 Å². The summed E-state index contributed by atoms with van der Waals surface area (Å²) in [5.41, 5.74) is 0. The van der Waals surface area contributed by atoms with Gasteiger partial charge in [-0.25, -0.2) is 0 Å². The Morgan fingerprint density at radius 1 is 1.57 bits per heavy atom. The summed E-state index contributed by atoms with van der Waals surface area (Å²) in [5.74, 6) is 0. The van der Waals surface area contributed by atoms with Crippen molar-refractivity contribution in [1.29, 1.82) is 0 Å². The summed E-state index contributed by atoms with van der Waals surface area (Å²) in [4.78, 5) is 0. The Hall–Kier alpha value is 1.15. The Kier molecular flexibility index (Phi) is 8.32. The second-order valence-corrected chi connectivity index (χ2v) is 13.1. The summed E-state index contributed by atoms with van der Waals surface area (Å²) in [6, 6.07) is 0. The molecule has 0 N–H and O–H groups in total. The Morgan fingerprint density at radius 3 is 2.71 bits per heavy atom. The van der Waals surface area contributed by atoms with E-state index in [0.29, 0.717) is 0 Å². The van der Waals surface area contributed by atoms with Gasteiger partial charge in [0.2, 0.25) is 0 Å². The van der Waals surface area contributed by atoms with Crippen molar-refractivity contribution in [2.45, 2.75) is 24.2 Å². The van der Waals surface area contributed by atoms with Crippen LogP contribution in [0.15, 0.2) is 0 Å². The van der Waals surface area contributed by atoms with E-state index in [1.54, 1.807) is 4.44 Å². The summed E-state index contributed by atoms with van der Waals surface area (Å²) in [6.45, 7) is 2.27. The van der Waals surface area contributed by atoms with Crippen LogP contribution in [-0.2, 0) is 0 Å². The summed E-state index contributed by atoms with van der Waals surface area (Å²) < 4.78 is 1.61. The minimum atomic E-state index is -0.192. The van der Waals surface area contributed by atoms with Crippen molar-refractivity contribution < 1.29 is 0 Å². The fourth-order valence-corrected chi connectivity index (χ4v) is 6.64. The van der Waals surface area contributed by atoms with E-state index in [1.807, 2.05) is 0 Å². The molecule has 44 valence electrons. The molecule has 0 fully saturated rings. The van der Waals surface area contributed by atoms with Gasteiger partial charge in [-0.3, -0.25) is 0 Å². The molecule has 0 bridgehead atoms. The molecule has 0 unspecified atom stereocenters. The van der Waals surface area contributed by atoms with Gasteiger partial charge in [0.1, 0.15) is 0 Å². The van der Waals surface area contributed by atoms with Gasteiger partial charge < -0.3 is 0 Å². The fraction of sp³-hybridized carbons (Fsp3) is 1.00. The molecule has 0 nitrogen and oxygen atoms in total. The molecule has 2 heteroatoms. The molecule has 0 saturated carbocycles. The first kappa shape index (κ1) is 8.15. The van der Waals surface area contributed by atoms with Crippen molar-refractivity contribution in [2.75, 3.05) is 6.26 Å². The summed E-state index contributed by atoms with van der Waals surface area (Å²) in [5, 5.41) is 0. The molecule has 0 aliphatic carbocycles. The molecule has 0 rings (SSSR count). The topological polar surface area (TPSA) is 0 Å². The third-order valence-electron chi connectivity index (χ3n) is 0.952. The summed E-state index contributed by atoms with van der Waals surface area (Å²) in [6.07, 6.45) is 5.15. The van der Waals surface area contributed by atoms with Crippen LogP contribution in [0.3, 0.4) is 0 Å². The van der Waals surface area contributed by atoms with Crippen LogP contribution in [0, 0.1) is 0 Å². The molecule has 0 aliphatic rings. The molecule has 0 spiro atoms. The van der Waals surface area contributed by atoms with Crippen molar-refractivity contribution in [2.24, 2.45) is 0 Å². The van der Waals surface area contributed by atoms with Crippen LogP contribution in [0.5, 0.6) is 0 Å². The van der Waals surface area contributed by atoms with Crippen LogP contribution in [0.25, 0.3) is 0 Å². The molecule has 0 aromatic carbocycles. The zero-order valence-electron chi connectivity index (χ0n) is 5.24. The number of rotatable bonds is 4. The average Bonchev–Trinajstić information content (AvgIpc) is 1.69. The second-order valence-electron chi connectivity index (χ2n) is 1.70. The van der Waals surface area contributed by atoms with Gasteiger partial charge in [0.15, 0.2) is 0 Å². The molecule has 0 aromatic heterocycles. The SMILES string of the molecule is CCC[CH2][SnH2][S]C. The van der Waals surface area contributed by atoms with Crippen LogP contribution in [0.2, 0.25) is 4.44 Å². The zero-order valence-corrected chi connectivity index (χ0v) is 10.1. The van der Waals surface area contributed by atoms with Crippen molar-refractivity contribution in [1.82, 2.24) is 0 Å². The third-order valence-corrected chi connectivity index (χ3v) is 9.04. The molecule has 0 heterocycles. The maximum absolute atomic E-state index is 2.27. The van der Waals surface area contributed by atoms with Gasteiger partial charge in [-0.2, -0.15) is 0 Å². The van der Waals surface area contributed by atoms with Crippen molar-refractivity contribution in [3.63, 3.8) is 0 Å². The normalized spacial score (nSPS) is 11.1. The Bertz CT molecular complexity index is 27.3. The van der Waals surface area contributed by atoms with Gasteiger partial charge in [-0.1, -0.05) is 0 Å². The Morgan fingerprint density at radius 2 is 2.29 bits per heavy atom. The molecule has 0 atom stereocenters. The van der Waals surface area contributed by atoms with E-state index in [9.17, 15) is 0 Å². The van der Waals surface area contributed by atoms with Gasteiger partial charge >= 0.3 is 59.2 Å². The maximum atomic E-state index is 2.27. The van der Waals surface area contributed by atoms with Crippen molar-refractivity contribution in [3.8, 4) is 0 Å². The van der Waals surface area contributed by atoms with Crippen LogP contribution in [0.4, 0.5) is 0 Å². The standard InChI is InChI=1S/C4H9.CH4S.Sn.2H/c1-3-4-2;1-2;;;/h1,3-4H2,2H3;2H,1H3;;;/q;;+1;;/p-1. The predicted octanol–water partition coefficient (Wildman–Crippen LogP) is 1.65. The van der Waals surface area contributed by atoms with E-state index in [4.69, 9.17) is 0 Å². The van der Waals surface area contributed by atoms with E-state index >= 15 is 0 Å². The first-order valence-electron chi connectivity index (χ1n) is 2.90. The van der Waals surface area contributed by atoms with E-state index in [-0.39, 0.29) is 19.8 Å². The molecular weight excluding hydrogens is 211 g/mol. The molecule has 0 aliphatic heterocycles. The molecule has 0 saturated heterocycles. The van der Waals surface area contributed by atoms with Crippen LogP contribution in [0.1, 0.15) is 19.8 Å². The van der Waals surface area contributed by atoms with Gasteiger partial charge in [0, 0.05) is 0 Å². The van der Waals surface area contributed by atoms with E-state index in [0.717, 1.165) is 0 Å². The zero-order chi connectivity index (χ0) is 5.54. The summed E-state index contributed by atoms with van der Waals surface area (Å²) in [7, 11) is 2.15. The van der Waals surface area contributed by atoms with E-state index < -0.39 is 0 Å². The monoisotopic (exact) mass is 226 g/mol. The summed E-state index contributed by atoms with van der Waals surface area (Å²) >= 11 is -0.192. The molecule has 0 radical (unpaired) electrons. The van der Waals surface area contributed by atoms with Gasteiger partial charge in [-0.05, 0) is 0 Å². The second kappa shape index (κ2) is 7.15. The first-order valence-corrected chi connectivity index (χ1v) is 12.1. The van der Waals surface area contributed by atoms with Crippen molar-refractivity contribution in [3.05, 3.63) is 0 Å². The minimum absolute atomic E-state index is 0.192. The van der Waals surface area contributed by atoms with E-state index in [1.165, 1.54) is 12.8 Å². The van der Waals surface area contributed by atoms with Gasteiger partial charge in [0.25, 0.3) is 0 Å². The number of hydrogen-bond acceptors (Lipinski definition) is 1. The third kappa shape index (κ3) is 7.15. The van der Waals surface area contributed by atoms with Gasteiger partial charge in [0.05, 0.1) is 0 Å². The number of hydrogen-bond donors (Lipinski definition) is 0. The quantitative estimate of drug-likeness (QED) is 0.517. The Balaban J connectivity index is 2.45. The molecule has 0 aromatic rings. The van der Waals surface area contributed by atoms with Crippen molar-refractivity contribution >= 4 is 28.7 Å². The molecule has 0 amide bonds. The average molecular weight is 225 g/mol. The first-order chi connectivity index (χ1) is 3.41. The van der Waals surface area contributed by atoms with Crippen LogP contribution < -0.4 is 0 Å². The molecular formula is C5H14SSn. The van der Waals surface area contributed by atoms with Gasteiger partial charge in [-0.15, -0.1) is 0 Å². The Labute approximate surface area is 59.1 Å².